The first-order valence-electron chi connectivity index (χ1n) is 5.98. The number of nitrogens with zero attached hydrogens (tertiary/aromatic N) is 2. The zero-order valence-corrected chi connectivity index (χ0v) is 13.0. The molecule has 1 heterocycles. The third-order valence-corrected chi connectivity index (χ3v) is 3.81. The number of aryl methyl sites for hydroxylation is 3. The number of anilines is 1. The highest BCUT2D eigenvalue weighted by Gasteiger charge is 2.15. The van der Waals surface area contributed by atoms with Crippen molar-refractivity contribution in [1.82, 2.24) is 9.78 Å². The molecule has 0 atom stereocenters. The van der Waals surface area contributed by atoms with Gasteiger partial charge in [-0.2, -0.15) is 5.10 Å². The highest BCUT2D eigenvalue weighted by atomic mass is 79.9. The Labute approximate surface area is 120 Å². The fourth-order valence-corrected chi connectivity index (χ4v) is 2.38. The number of amides is 1. The molecule has 100 valence electrons. The van der Waals surface area contributed by atoms with Crippen LogP contribution in [0, 0.1) is 20.8 Å². The summed E-state index contributed by atoms with van der Waals surface area (Å²) in [6.07, 6.45) is 0. The van der Waals surface area contributed by atoms with Crippen LogP contribution in [0.25, 0.3) is 0 Å². The van der Waals surface area contributed by atoms with E-state index in [1.54, 1.807) is 4.68 Å². The molecule has 1 amide bonds. The average Bonchev–Trinajstić information content (AvgIpc) is 2.59. The highest BCUT2D eigenvalue weighted by Crippen LogP contribution is 2.22. The standard InChI is InChI=1S/C14H16BrN3O/c1-8-5-6-12(15)11(7-8)14(19)16-13-9(2)17-18(4)10(13)3/h5-7H,1-4H3,(H,16,19). The number of rotatable bonds is 2. The van der Waals surface area contributed by atoms with Gasteiger partial charge in [-0.3, -0.25) is 9.48 Å². The minimum absolute atomic E-state index is 0.130. The van der Waals surface area contributed by atoms with Gasteiger partial charge in [0.05, 0.1) is 22.6 Å². The van der Waals surface area contributed by atoms with E-state index >= 15 is 0 Å². The summed E-state index contributed by atoms with van der Waals surface area (Å²) in [6, 6.07) is 5.70. The Morgan fingerprint density at radius 2 is 2.00 bits per heavy atom. The summed E-state index contributed by atoms with van der Waals surface area (Å²) < 4.78 is 2.55. The molecule has 0 saturated carbocycles. The molecule has 0 bridgehead atoms. The molecule has 4 nitrogen and oxygen atoms in total. The predicted molar refractivity (Wildman–Crippen MR) is 79.5 cm³/mol. The third-order valence-electron chi connectivity index (χ3n) is 3.11. The van der Waals surface area contributed by atoms with Gasteiger partial charge in [-0.1, -0.05) is 11.6 Å². The smallest absolute Gasteiger partial charge is 0.256 e. The molecule has 0 unspecified atom stereocenters. The van der Waals surface area contributed by atoms with E-state index in [9.17, 15) is 4.79 Å². The lowest BCUT2D eigenvalue weighted by Gasteiger charge is -2.08. The number of carbonyl (C=O) groups excluding carboxylic acids is 1. The zero-order chi connectivity index (χ0) is 14.2. The lowest BCUT2D eigenvalue weighted by molar-refractivity contribution is 0.102. The van der Waals surface area contributed by atoms with Gasteiger partial charge < -0.3 is 5.32 Å². The van der Waals surface area contributed by atoms with Crippen molar-refractivity contribution in [1.29, 1.82) is 0 Å². The molecule has 1 N–H and O–H groups in total. The van der Waals surface area contributed by atoms with Crippen molar-refractivity contribution in [2.45, 2.75) is 20.8 Å². The second-order valence-electron chi connectivity index (χ2n) is 4.61. The van der Waals surface area contributed by atoms with Gasteiger partial charge in [0.25, 0.3) is 5.91 Å². The van der Waals surface area contributed by atoms with E-state index in [2.05, 4.69) is 26.3 Å². The van der Waals surface area contributed by atoms with Crippen LogP contribution in [0.5, 0.6) is 0 Å². The van der Waals surface area contributed by atoms with Gasteiger partial charge in [0.1, 0.15) is 0 Å². The number of benzene rings is 1. The van der Waals surface area contributed by atoms with Crippen molar-refractivity contribution in [3.63, 3.8) is 0 Å². The summed E-state index contributed by atoms with van der Waals surface area (Å²) in [5.74, 6) is -0.130. The van der Waals surface area contributed by atoms with Gasteiger partial charge in [0, 0.05) is 11.5 Å². The first-order valence-corrected chi connectivity index (χ1v) is 6.77. The SMILES string of the molecule is Cc1ccc(Br)c(C(=O)Nc2c(C)nn(C)c2C)c1. The van der Waals surface area contributed by atoms with Gasteiger partial charge >= 0.3 is 0 Å². The second-order valence-corrected chi connectivity index (χ2v) is 5.46. The first kappa shape index (κ1) is 13.8. The Morgan fingerprint density at radius 1 is 1.32 bits per heavy atom. The fourth-order valence-electron chi connectivity index (χ4n) is 1.95. The maximum absolute atomic E-state index is 12.3. The molecule has 1 aromatic heterocycles. The summed E-state index contributed by atoms with van der Waals surface area (Å²) in [5.41, 5.74) is 4.21. The predicted octanol–water partition coefficient (Wildman–Crippen LogP) is 3.36. The Hall–Kier alpha value is -1.62. The van der Waals surface area contributed by atoms with Crippen LogP contribution in [0.1, 0.15) is 27.3 Å². The minimum atomic E-state index is -0.130. The van der Waals surface area contributed by atoms with E-state index in [0.717, 1.165) is 27.1 Å². The van der Waals surface area contributed by atoms with Crippen LogP contribution in [0.2, 0.25) is 0 Å². The number of hydrogen-bond donors (Lipinski definition) is 1. The summed E-state index contributed by atoms with van der Waals surface area (Å²) in [6.45, 7) is 5.78. The molecule has 0 aliphatic carbocycles. The molecule has 2 rings (SSSR count). The summed E-state index contributed by atoms with van der Waals surface area (Å²) in [5, 5.41) is 7.22. The summed E-state index contributed by atoms with van der Waals surface area (Å²) in [4.78, 5) is 12.3. The summed E-state index contributed by atoms with van der Waals surface area (Å²) in [7, 11) is 1.86. The van der Waals surface area contributed by atoms with Crippen LogP contribution in [0.4, 0.5) is 5.69 Å². The van der Waals surface area contributed by atoms with Crippen molar-refractivity contribution >= 4 is 27.5 Å². The van der Waals surface area contributed by atoms with Crippen molar-refractivity contribution in [2.75, 3.05) is 5.32 Å². The average molecular weight is 322 g/mol. The Morgan fingerprint density at radius 3 is 2.58 bits per heavy atom. The molecule has 2 aromatic rings. The number of nitrogens with one attached hydrogen (secondary N) is 1. The minimum Gasteiger partial charge on any atom is -0.319 e. The Balaban J connectivity index is 2.33. The molecule has 1 aromatic carbocycles. The van der Waals surface area contributed by atoms with E-state index in [1.165, 1.54) is 0 Å². The first-order chi connectivity index (χ1) is 8.90. The van der Waals surface area contributed by atoms with Crippen LogP contribution in [-0.4, -0.2) is 15.7 Å². The number of carbonyl (C=O) groups is 1. The molecule has 19 heavy (non-hydrogen) atoms. The normalized spacial score (nSPS) is 10.6. The maximum Gasteiger partial charge on any atom is 0.256 e. The van der Waals surface area contributed by atoms with Crippen LogP contribution >= 0.6 is 15.9 Å². The van der Waals surface area contributed by atoms with Crippen LogP contribution < -0.4 is 5.32 Å². The zero-order valence-electron chi connectivity index (χ0n) is 11.4. The monoisotopic (exact) mass is 321 g/mol. The maximum atomic E-state index is 12.3. The number of aromatic nitrogens is 2. The Bertz CT molecular complexity index is 646. The van der Waals surface area contributed by atoms with E-state index in [1.807, 2.05) is 46.0 Å². The van der Waals surface area contributed by atoms with Gasteiger partial charge in [-0.15, -0.1) is 0 Å². The quantitative estimate of drug-likeness (QED) is 0.921. The van der Waals surface area contributed by atoms with Crippen molar-refractivity contribution in [3.8, 4) is 0 Å². The van der Waals surface area contributed by atoms with E-state index < -0.39 is 0 Å². The molecule has 0 aliphatic heterocycles. The lowest BCUT2D eigenvalue weighted by Crippen LogP contribution is -2.14. The van der Waals surface area contributed by atoms with E-state index in [4.69, 9.17) is 0 Å². The van der Waals surface area contributed by atoms with Crippen LogP contribution in [-0.2, 0) is 7.05 Å². The lowest BCUT2D eigenvalue weighted by atomic mass is 10.1. The molecule has 0 aliphatic rings. The molecule has 0 fully saturated rings. The van der Waals surface area contributed by atoms with E-state index in [-0.39, 0.29) is 5.91 Å². The number of halogens is 1. The molecule has 0 radical (unpaired) electrons. The Kier molecular flexibility index (Phi) is 3.75. The molecule has 0 spiro atoms. The molecular weight excluding hydrogens is 306 g/mol. The van der Waals surface area contributed by atoms with E-state index in [0.29, 0.717) is 5.56 Å². The molecule has 0 saturated heterocycles. The number of hydrogen-bond acceptors (Lipinski definition) is 2. The molecular formula is C14H16BrN3O. The van der Waals surface area contributed by atoms with Crippen molar-refractivity contribution in [2.24, 2.45) is 7.05 Å². The van der Waals surface area contributed by atoms with Crippen molar-refractivity contribution < 1.29 is 4.79 Å². The van der Waals surface area contributed by atoms with Gasteiger partial charge in [0.15, 0.2) is 0 Å². The van der Waals surface area contributed by atoms with Gasteiger partial charge in [0.2, 0.25) is 0 Å². The third kappa shape index (κ3) is 2.71. The summed E-state index contributed by atoms with van der Waals surface area (Å²) >= 11 is 3.40. The second kappa shape index (κ2) is 5.17. The van der Waals surface area contributed by atoms with Gasteiger partial charge in [-0.05, 0) is 48.8 Å². The largest absolute Gasteiger partial charge is 0.319 e. The van der Waals surface area contributed by atoms with Crippen LogP contribution in [0.15, 0.2) is 22.7 Å². The topological polar surface area (TPSA) is 46.9 Å². The van der Waals surface area contributed by atoms with Crippen LogP contribution in [0.3, 0.4) is 0 Å². The molecule has 5 heteroatoms. The van der Waals surface area contributed by atoms with Gasteiger partial charge in [-0.25, -0.2) is 0 Å². The fraction of sp³-hybridized carbons (Fsp3) is 0.286. The highest BCUT2D eigenvalue weighted by molar-refractivity contribution is 9.10. The van der Waals surface area contributed by atoms with Crippen molar-refractivity contribution in [3.05, 3.63) is 45.2 Å².